The number of ketones is 1. The Balaban J connectivity index is 2.12. The molecule has 2 rings (SSSR count). The molecule has 0 aromatic heterocycles. The van der Waals surface area contributed by atoms with Crippen LogP contribution in [0.25, 0.3) is 0 Å². The molecule has 1 aliphatic rings. The monoisotopic (exact) mass is 281 g/mol. The SMILES string of the molecule is CC(C)(C(=O)Cc1cccc(F)c1F)N1CCCCC1. The molecule has 0 unspecified atom stereocenters. The standard InChI is InChI=1S/C16H21F2NO/c1-16(2,19-9-4-3-5-10-19)14(20)11-12-7-6-8-13(17)15(12)18/h6-8H,3-5,9-11H2,1-2H3. The fourth-order valence-electron chi connectivity index (χ4n) is 2.70. The zero-order chi connectivity index (χ0) is 14.8. The molecule has 0 spiro atoms. The highest BCUT2D eigenvalue weighted by atomic mass is 19.2. The maximum absolute atomic E-state index is 13.7. The van der Waals surface area contributed by atoms with Gasteiger partial charge >= 0.3 is 0 Å². The first kappa shape index (κ1) is 15.1. The van der Waals surface area contributed by atoms with Crippen molar-refractivity contribution in [1.29, 1.82) is 0 Å². The van der Waals surface area contributed by atoms with E-state index >= 15 is 0 Å². The number of hydrogen-bond donors (Lipinski definition) is 0. The molecule has 0 atom stereocenters. The van der Waals surface area contributed by atoms with Crippen molar-refractivity contribution in [3.05, 3.63) is 35.4 Å². The molecule has 0 radical (unpaired) electrons. The minimum atomic E-state index is -0.907. The number of halogens is 2. The lowest BCUT2D eigenvalue weighted by atomic mass is 9.90. The van der Waals surface area contributed by atoms with Crippen molar-refractivity contribution in [2.75, 3.05) is 13.1 Å². The highest BCUT2D eigenvalue weighted by Gasteiger charge is 2.35. The second kappa shape index (κ2) is 6.00. The molecule has 0 N–H and O–H groups in total. The van der Waals surface area contributed by atoms with Gasteiger partial charge in [-0.3, -0.25) is 9.69 Å². The van der Waals surface area contributed by atoms with E-state index in [1.54, 1.807) is 0 Å². The third-order valence-corrected chi connectivity index (χ3v) is 4.21. The van der Waals surface area contributed by atoms with Crippen LogP contribution < -0.4 is 0 Å². The molecule has 1 aromatic rings. The van der Waals surface area contributed by atoms with E-state index in [9.17, 15) is 13.6 Å². The minimum absolute atomic E-state index is 0.0624. The molecular weight excluding hydrogens is 260 g/mol. The van der Waals surface area contributed by atoms with Crippen LogP contribution in [-0.4, -0.2) is 29.3 Å². The molecular formula is C16H21F2NO. The number of benzene rings is 1. The molecule has 4 heteroatoms. The van der Waals surface area contributed by atoms with Crippen LogP contribution in [0.2, 0.25) is 0 Å². The molecule has 1 fully saturated rings. The minimum Gasteiger partial charge on any atom is -0.297 e. The van der Waals surface area contributed by atoms with Gasteiger partial charge in [-0.25, -0.2) is 8.78 Å². The number of likely N-dealkylation sites (tertiary alicyclic amines) is 1. The lowest BCUT2D eigenvalue weighted by Crippen LogP contribution is -2.52. The van der Waals surface area contributed by atoms with Gasteiger partial charge in [-0.15, -0.1) is 0 Å². The zero-order valence-corrected chi connectivity index (χ0v) is 12.1. The summed E-state index contributed by atoms with van der Waals surface area (Å²) in [6, 6.07) is 3.98. The van der Waals surface area contributed by atoms with E-state index in [4.69, 9.17) is 0 Å². The molecule has 0 saturated carbocycles. The van der Waals surface area contributed by atoms with E-state index in [1.807, 2.05) is 13.8 Å². The van der Waals surface area contributed by atoms with Crippen molar-refractivity contribution < 1.29 is 13.6 Å². The maximum Gasteiger partial charge on any atom is 0.162 e. The van der Waals surface area contributed by atoms with Crippen LogP contribution >= 0.6 is 0 Å². The Hall–Kier alpha value is -1.29. The summed E-state index contributed by atoms with van der Waals surface area (Å²) in [5, 5.41) is 0. The average molecular weight is 281 g/mol. The van der Waals surface area contributed by atoms with E-state index < -0.39 is 17.2 Å². The first-order valence-corrected chi connectivity index (χ1v) is 7.14. The van der Waals surface area contributed by atoms with Gasteiger partial charge < -0.3 is 0 Å². The van der Waals surface area contributed by atoms with Gasteiger partial charge in [0, 0.05) is 6.42 Å². The summed E-state index contributed by atoms with van der Waals surface area (Å²) in [6.07, 6.45) is 3.31. The molecule has 1 aromatic carbocycles. The van der Waals surface area contributed by atoms with E-state index in [2.05, 4.69) is 4.90 Å². The van der Waals surface area contributed by atoms with Crippen molar-refractivity contribution in [2.24, 2.45) is 0 Å². The number of carbonyl (C=O) groups is 1. The zero-order valence-electron chi connectivity index (χ0n) is 12.1. The molecule has 1 saturated heterocycles. The van der Waals surface area contributed by atoms with Crippen LogP contribution in [0.15, 0.2) is 18.2 Å². The van der Waals surface area contributed by atoms with Gasteiger partial charge in [0.15, 0.2) is 17.4 Å². The molecule has 0 amide bonds. The van der Waals surface area contributed by atoms with Crippen molar-refractivity contribution >= 4 is 5.78 Å². The summed E-state index contributed by atoms with van der Waals surface area (Å²) in [7, 11) is 0. The Kier molecular flexibility index (Phi) is 4.53. The van der Waals surface area contributed by atoms with E-state index in [-0.39, 0.29) is 17.8 Å². The topological polar surface area (TPSA) is 20.3 Å². The number of carbonyl (C=O) groups excluding carboxylic acids is 1. The van der Waals surface area contributed by atoms with Gasteiger partial charge in [-0.05, 0) is 51.4 Å². The largest absolute Gasteiger partial charge is 0.297 e. The molecule has 2 nitrogen and oxygen atoms in total. The average Bonchev–Trinajstić information content (AvgIpc) is 2.44. The number of piperidine rings is 1. The van der Waals surface area contributed by atoms with Crippen molar-refractivity contribution in [3.63, 3.8) is 0 Å². The second-order valence-corrected chi connectivity index (χ2v) is 5.92. The quantitative estimate of drug-likeness (QED) is 0.843. The number of Topliss-reactive ketones (excluding diaryl/α,β-unsaturated/α-hetero) is 1. The third-order valence-electron chi connectivity index (χ3n) is 4.21. The summed E-state index contributed by atoms with van der Waals surface area (Å²) in [5.41, 5.74) is -0.487. The van der Waals surface area contributed by atoms with Gasteiger partial charge in [-0.2, -0.15) is 0 Å². The van der Waals surface area contributed by atoms with Crippen molar-refractivity contribution in [1.82, 2.24) is 4.90 Å². The van der Waals surface area contributed by atoms with Gasteiger partial charge in [0.05, 0.1) is 5.54 Å². The Bertz CT molecular complexity index is 493. The molecule has 20 heavy (non-hydrogen) atoms. The van der Waals surface area contributed by atoms with E-state index in [1.165, 1.54) is 18.6 Å². The van der Waals surface area contributed by atoms with Gasteiger partial charge in [0.2, 0.25) is 0 Å². The Morgan fingerprint density at radius 1 is 1.20 bits per heavy atom. The first-order valence-electron chi connectivity index (χ1n) is 7.14. The van der Waals surface area contributed by atoms with Crippen LogP contribution in [0, 0.1) is 11.6 Å². The number of hydrogen-bond acceptors (Lipinski definition) is 2. The number of rotatable bonds is 4. The summed E-state index contributed by atoms with van der Waals surface area (Å²) in [4.78, 5) is 14.6. The van der Waals surface area contributed by atoms with Gasteiger partial charge in [-0.1, -0.05) is 18.6 Å². The smallest absolute Gasteiger partial charge is 0.162 e. The van der Waals surface area contributed by atoms with Crippen LogP contribution in [0.5, 0.6) is 0 Å². The summed E-state index contributed by atoms with van der Waals surface area (Å²) in [5.74, 6) is -1.87. The van der Waals surface area contributed by atoms with E-state index in [0.717, 1.165) is 32.0 Å². The molecule has 0 bridgehead atoms. The number of nitrogens with zero attached hydrogens (tertiary/aromatic N) is 1. The van der Waals surface area contributed by atoms with E-state index in [0.29, 0.717) is 0 Å². The summed E-state index contributed by atoms with van der Waals surface area (Å²) in [6.45, 7) is 5.53. The third kappa shape index (κ3) is 3.06. The van der Waals surface area contributed by atoms with Crippen LogP contribution in [0.4, 0.5) is 8.78 Å². The lowest BCUT2D eigenvalue weighted by molar-refractivity contribution is -0.129. The van der Waals surface area contributed by atoms with Crippen molar-refractivity contribution in [2.45, 2.75) is 45.1 Å². The predicted octanol–water partition coefficient (Wildman–Crippen LogP) is 3.34. The normalized spacial score (nSPS) is 17.2. The van der Waals surface area contributed by atoms with Gasteiger partial charge in [0.1, 0.15) is 0 Å². The van der Waals surface area contributed by atoms with Crippen molar-refractivity contribution in [3.8, 4) is 0 Å². The van der Waals surface area contributed by atoms with Crippen LogP contribution in [-0.2, 0) is 11.2 Å². The Morgan fingerprint density at radius 3 is 2.50 bits per heavy atom. The highest BCUT2D eigenvalue weighted by Crippen LogP contribution is 2.24. The lowest BCUT2D eigenvalue weighted by Gasteiger charge is -2.39. The van der Waals surface area contributed by atoms with Crippen LogP contribution in [0.3, 0.4) is 0 Å². The molecule has 1 heterocycles. The first-order chi connectivity index (χ1) is 9.43. The fourth-order valence-corrected chi connectivity index (χ4v) is 2.70. The Morgan fingerprint density at radius 2 is 1.85 bits per heavy atom. The molecule has 110 valence electrons. The fraction of sp³-hybridized carbons (Fsp3) is 0.562. The highest BCUT2D eigenvalue weighted by molar-refractivity contribution is 5.89. The summed E-state index contributed by atoms with van der Waals surface area (Å²) >= 11 is 0. The predicted molar refractivity (Wildman–Crippen MR) is 74.6 cm³/mol. The molecule has 1 aliphatic heterocycles. The maximum atomic E-state index is 13.7. The second-order valence-electron chi connectivity index (χ2n) is 5.92. The summed E-state index contributed by atoms with van der Waals surface area (Å²) < 4.78 is 26.8. The Labute approximate surface area is 118 Å². The molecule has 0 aliphatic carbocycles. The van der Waals surface area contributed by atoms with Crippen LogP contribution in [0.1, 0.15) is 38.7 Å². The van der Waals surface area contributed by atoms with Gasteiger partial charge in [0.25, 0.3) is 0 Å².